The van der Waals surface area contributed by atoms with Crippen LogP contribution in [0.25, 0.3) is 0 Å². The van der Waals surface area contributed by atoms with Gasteiger partial charge in [-0.2, -0.15) is 0 Å². The number of nitrogens with one attached hydrogen (secondary N) is 2. The number of amides is 1. The van der Waals surface area contributed by atoms with Gasteiger partial charge in [0, 0.05) is 64.6 Å². The molecule has 0 spiro atoms. The number of rotatable bonds is 9. The minimum Gasteiger partial charge on any atom is -0.385 e. The number of aliphatic imine (C=N–C) groups is 1. The van der Waals surface area contributed by atoms with Crippen molar-refractivity contribution >= 4 is 41.7 Å². The predicted octanol–water partition coefficient (Wildman–Crippen LogP) is 2.66. The van der Waals surface area contributed by atoms with Crippen molar-refractivity contribution < 1.29 is 9.53 Å². The number of nitrogens with zero attached hydrogens (tertiary/aromatic N) is 3. The SMILES string of the molecule is CN=C(NCc1cccnc1N1CCC(C(N)=O)CC1)NCC1(CCOC)CCCC1.I. The highest BCUT2D eigenvalue weighted by Crippen LogP contribution is 2.40. The van der Waals surface area contributed by atoms with E-state index >= 15 is 0 Å². The van der Waals surface area contributed by atoms with E-state index in [0.717, 1.165) is 62.8 Å². The molecule has 9 heteroatoms. The molecule has 0 bridgehead atoms. The Hall–Kier alpha value is -1.62. The Labute approximate surface area is 209 Å². The molecule has 8 nitrogen and oxygen atoms in total. The number of methoxy groups -OCH3 is 1. The number of hydrogen-bond donors (Lipinski definition) is 3. The Morgan fingerprint density at radius 1 is 1.31 bits per heavy atom. The lowest BCUT2D eigenvalue weighted by atomic mass is 9.83. The summed E-state index contributed by atoms with van der Waals surface area (Å²) in [6.07, 6.45) is 9.55. The molecule has 0 aromatic carbocycles. The lowest BCUT2D eigenvalue weighted by molar-refractivity contribution is -0.122. The molecule has 0 atom stereocenters. The van der Waals surface area contributed by atoms with Crippen LogP contribution in [0.5, 0.6) is 0 Å². The Balaban J connectivity index is 0.00000363. The zero-order chi connectivity index (χ0) is 22.1. The van der Waals surface area contributed by atoms with Crippen LogP contribution in [0, 0.1) is 11.3 Å². The van der Waals surface area contributed by atoms with E-state index in [1.54, 1.807) is 7.11 Å². The van der Waals surface area contributed by atoms with Crippen molar-refractivity contribution in [1.29, 1.82) is 0 Å². The van der Waals surface area contributed by atoms with Gasteiger partial charge >= 0.3 is 0 Å². The Bertz CT molecular complexity index is 746. The van der Waals surface area contributed by atoms with E-state index in [9.17, 15) is 4.79 Å². The van der Waals surface area contributed by atoms with Crippen LogP contribution >= 0.6 is 24.0 Å². The summed E-state index contributed by atoms with van der Waals surface area (Å²) in [4.78, 5) is 22.8. The highest BCUT2D eigenvalue weighted by Gasteiger charge is 2.33. The van der Waals surface area contributed by atoms with Gasteiger partial charge in [-0.05, 0) is 43.6 Å². The van der Waals surface area contributed by atoms with E-state index in [4.69, 9.17) is 10.5 Å². The third-order valence-electron chi connectivity index (χ3n) is 6.87. The average molecular weight is 559 g/mol. The van der Waals surface area contributed by atoms with Gasteiger partial charge in [0.05, 0.1) is 0 Å². The second kappa shape index (κ2) is 13.2. The Kier molecular flexibility index (Phi) is 11.0. The van der Waals surface area contributed by atoms with Gasteiger partial charge in [0.15, 0.2) is 5.96 Å². The molecular formula is C23H39IN6O2. The number of halogens is 1. The fraction of sp³-hybridized carbons (Fsp3) is 0.696. The van der Waals surface area contributed by atoms with Crippen molar-refractivity contribution in [2.45, 2.75) is 51.5 Å². The van der Waals surface area contributed by atoms with E-state index in [1.165, 1.54) is 25.7 Å². The first kappa shape index (κ1) is 26.6. The number of anilines is 1. The number of carbonyl (C=O) groups excluding carboxylic acids is 1. The van der Waals surface area contributed by atoms with Crippen LogP contribution < -0.4 is 21.3 Å². The van der Waals surface area contributed by atoms with Crippen LogP contribution in [0.4, 0.5) is 5.82 Å². The van der Waals surface area contributed by atoms with Crippen LogP contribution in [0.3, 0.4) is 0 Å². The molecule has 2 fully saturated rings. The number of guanidine groups is 1. The van der Waals surface area contributed by atoms with Gasteiger partial charge in [-0.25, -0.2) is 4.98 Å². The zero-order valence-electron chi connectivity index (χ0n) is 19.4. The molecule has 180 valence electrons. The third-order valence-corrected chi connectivity index (χ3v) is 6.87. The number of pyridine rings is 1. The van der Waals surface area contributed by atoms with Crippen molar-refractivity contribution in [2.24, 2.45) is 22.1 Å². The molecule has 1 aromatic rings. The van der Waals surface area contributed by atoms with Gasteiger partial charge in [-0.1, -0.05) is 18.9 Å². The van der Waals surface area contributed by atoms with E-state index in [1.807, 2.05) is 19.3 Å². The molecule has 1 saturated heterocycles. The van der Waals surface area contributed by atoms with Gasteiger partial charge < -0.3 is 26.0 Å². The molecule has 3 rings (SSSR count). The molecule has 2 heterocycles. The number of hydrogen-bond acceptors (Lipinski definition) is 5. The summed E-state index contributed by atoms with van der Waals surface area (Å²) in [7, 11) is 3.59. The van der Waals surface area contributed by atoms with Gasteiger partial charge in [-0.3, -0.25) is 9.79 Å². The summed E-state index contributed by atoms with van der Waals surface area (Å²) in [6.45, 7) is 3.96. The number of nitrogens with two attached hydrogens (primary N) is 1. The molecule has 4 N–H and O–H groups in total. The van der Waals surface area contributed by atoms with Crippen LogP contribution in [0.15, 0.2) is 23.3 Å². The fourth-order valence-electron chi connectivity index (χ4n) is 4.86. The normalized spacial score (nSPS) is 18.8. The van der Waals surface area contributed by atoms with Gasteiger partial charge in [-0.15, -0.1) is 24.0 Å². The highest BCUT2D eigenvalue weighted by molar-refractivity contribution is 14.0. The van der Waals surface area contributed by atoms with Crippen molar-refractivity contribution in [3.63, 3.8) is 0 Å². The first-order valence-corrected chi connectivity index (χ1v) is 11.5. The molecule has 0 radical (unpaired) electrons. The van der Waals surface area contributed by atoms with E-state index in [2.05, 4.69) is 31.6 Å². The second-order valence-corrected chi connectivity index (χ2v) is 8.88. The molecule has 1 saturated carbocycles. The molecule has 1 amide bonds. The first-order valence-electron chi connectivity index (χ1n) is 11.5. The van der Waals surface area contributed by atoms with Crippen molar-refractivity contribution in [3.8, 4) is 0 Å². The summed E-state index contributed by atoms with van der Waals surface area (Å²) in [5.74, 6) is 1.57. The summed E-state index contributed by atoms with van der Waals surface area (Å²) in [5.41, 5.74) is 6.90. The number of aromatic nitrogens is 1. The smallest absolute Gasteiger partial charge is 0.220 e. The highest BCUT2D eigenvalue weighted by atomic mass is 127. The van der Waals surface area contributed by atoms with Crippen molar-refractivity contribution in [3.05, 3.63) is 23.9 Å². The summed E-state index contributed by atoms with van der Waals surface area (Å²) in [6, 6.07) is 4.06. The topological polar surface area (TPSA) is 105 Å². The standard InChI is InChI=1S/C23H38N6O2.HI/c1-25-22(28-17-23(11-15-31-2)9-3-4-10-23)27-16-19-6-5-12-26-21(19)29-13-7-18(8-14-29)20(24)30;/h5-6,12,18H,3-4,7-11,13-17H2,1-2H3,(H2,24,30)(H2,25,27,28);1H. The molecule has 0 unspecified atom stereocenters. The van der Waals surface area contributed by atoms with Gasteiger partial charge in [0.1, 0.15) is 5.82 Å². The monoisotopic (exact) mass is 558 g/mol. The van der Waals surface area contributed by atoms with E-state index in [-0.39, 0.29) is 35.8 Å². The molecule has 1 aromatic heterocycles. The molecule has 32 heavy (non-hydrogen) atoms. The molecule has 2 aliphatic rings. The molecule has 1 aliphatic heterocycles. The molecular weight excluding hydrogens is 519 g/mol. The van der Waals surface area contributed by atoms with Crippen molar-refractivity contribution in [2.75, 3.05) is 45.3 Å². The van der Waals surface area contributed by atoms with E-state index < -0.39 is 0 Å². The summed E-state index contributed by atoms with van der Waals surface area (Å²) in [5, 5.41) is 7.00. The van der Waals surface area contributed by atoms with Crippen LogP contribution in [-0.2, 0) is 16.1 Å². The van der Waals surface area contributed by atoms with Gasteiger partial charge in [0.25, 0.3) is 0 Å². The summed E-state index contributed by atoms with van der Waals surface area (Å²) < 4.78 is 5.35. The average Bonchev–Trinajstić information content (AvgIpc) is 3.27. The van der Waals surface area contributed by atoms with Crippen LogP contribution in [0.1, 0.15) is 50.5 Å². The number of piperidine rings is 1. The minimum absolute atomic E-state index is 0. The number of carbonyl (C=O) groups is 1. The molecule has 1 aliphatic carbocycles. The summed E-state index contributed by atoms with van der Waals surface area (Å²) >= 11 is 0. The van der Waals surface area contributed by atoms with E-state index in [0.29, 0.717) is 12.0 Å². The largest absolute Gasteiger partial charge is 0.385 e. The minimum atomic E-state index is -0.192. The van der Waals surface area contributed by atoms with Crippen LogP contribution in [-0.4, -0.2) is 57.2 Å². The number of ether oxygens (including phenoxy) is 1. The fourth-order valence-corrected chi connectivity index (χ4v) is 4.86. The Morgan fingerprint density at radius 2 is 2.03 bits per heavy atom. The number of primary amides is 1. The third kappa shape index (κ3) is 7.19. The maximum atomic E-state index is 11.5. The predicted molar refractivity (Wildman–Crippen MR) is 139 cm³/mol. The van der Waals surface area contributed by atoms with Gasteiger partial charge in [0.2, 0.25) is 5.91 Å². The lowest BCUT2D eigenvalue weighted by Crippen LogP contribution is -2.43. The quantitative estimate of drug-likeness (QED) is 0.245. The lowest BCUT2D eigenvalue weighted by Gasteiger charge is -2.33. The Morgan fingerprint density at radius 3 is 2.66 bits per heavy atom. The maximum Gasteiger partial charge on any atom is 0.220 e. The van der Waals surface area contributed by atoms with Crippen LogP contribution in [0.2, 0.25) is 0 Å². The first-order chi connectivity index (χ1) is 15.1. The zero-order valence-corrected chi connectivity index (χ0v) is 21.8. The van der Waals surface area contributed by atoms with Crippen molar-refractivity contribution in [1.82, 2.24) is 15.6 Å². The second-order valence-electron chi connectivity index (χ2n) is 8.88. The maximum absolute atomic E-state index is 11.5.